The zero-order valence-electron chi connectivity index (χ0n) is 12.9. The van der Waals surface area contributed by atoms with Crippen molar-refractivity contribution < 1.29 is 9.16 Å². The summed E-state index contributed by atoms with van der Waals surface area (Å²) in [6.07, 6.45) is 1.97. The van der Waals surface area contributed by atoms with E-state index in [2.05, 4.69) is 65.7 Å². The lowest BCUT2D eigenvalue weighted by molar-refractivity contribution is 0.386. The monoisotopic (exact) mass is 420 g/mol. The van der Waals surface area contributed by atoms with Gasteiger partial charge in [0.15, 0.2) is 5.75 Å². The van der Waals surface area contributed by atoms with Crippen LogP contribution in [-0.4, -0.2) is 15.4 Å². The van der Waals surface area contributed by atoms with Crippen molar-refractivity contribution in [3.05, 3.63) is 27.2 Å². The number of rotatable bonds is 4. The number of halogens is 2. The van der Waals surface area contributed by atoms with Gasteiger partial charge < -0.3 is 9.16 Å². The van der Waals surface area contributed by atoms with Crippen molar-refractivity contribution in [2.45, 2.75) is 38.9 Å². The summed E-state index contributed by atoms with van der Waals surface area (Å²) in [5.41, 5.74) is 1.05. The molecule has 0 aliphatic carbocycles. The molecule has 0 radical (unpaired) electrons. The van der Waals surface area contributed by atoms with Crippen LogP contribution in [0.15, 0.2) is 21.6 Å². The summed E-state index contributed by atoms with van der Waals surface area (Å²) in [5.74, 6) is 1.59. The fourth-order valence-electron chi connectivity index (χ4n) is 1.41. The minimum atomic E-state index is -1.86. The maximum atomic E-state index is 6.32. The maximum absolute atomic E-state index is 6.32. The van der Waals surface area contributed by atoms with E-state index in [1.807, 2.05) is 24.3 Å². The maximum Gasteiger partial charge on any atom is 0.250 e. The largest absolute Gasteiger partial charge is 0.541 e. The second-order valence-corrected chi connectivity index (χ2v) is 13.7. The van der Waals surface area contributed by atoms with Gasteiger partial charge in [-0.05, 0) is 73.8 Å². The van der Waals surface area contributed by atoms with Crippen LogP contribution in [0.4, 0.5) is 0 Å². The third kappa shape index (κ3) is 4.64. The highest BCUT2D eigenvalue weighted by Gasteiger charge is 2.39. The lowest BCUT2D eigenvalue weighted by Gasteiger charge is -2.36. The Morgan fingerprint density at radius 2 is 1.75 bits per heavy atom. The van der Waals surface area contributed by atoms with Gasteiger partial charge >= 0.3 is 0 Å². The van der Waals surface area contributed by atoms with Gasteiger partial charge in [0, 0.05) is 0 Å². The van der Waals surface area contributed by atoms with Crippen molar-refractivity contribution in [1.82, 2.24) is 0 Å². The minimum absolute atomic E-state index is 0.162. The molecule has 0 aliphatic rings. The molecule has 0 aliphatic heterocycles. The van der Waals surface area contributed by atoms with E-state index in [0.717, 1.165) is 20.5 Å². The molecule has 0 saturated heterocycles. The Morgan fingerprint density at radius 3 is 2.20 bits per heavy atom. The van der Waals surface area contributed by atoms with Crippen molar-refractivity contribution in [1.29, 1.82) is 0 Å². The van der Waals surface area contributed by atoms with E-state index in [1.165, 1.54) is 0 Å². The van der Waals surface area contributed by atoms with E-state index in [0.29, 0.717) is 0 Å². The molecule has 2 nitrogen and oxygen atoms in total. The first-order valence-corrected chi connectivity index (χ1v) is 11.0. The summed E-state index contributed by atoms with van der Waals surface area (Å²) < 4.78 is 12.7. The molecule has 112 valence electrons. The predicted molar refractivity (Wildman–Crippen MR) is 96.7 cm³/mol. The average molecular weight is 422 g/mol. The molecule has 0 unspecified atom stereocenters. The highest BCUT2D eigenvalue weighted by atomic mass is 79.9. The quantitative estimate of drug-likeness (QED) is 0.541. The van der Waals surface area contributed by atoms with Gasteiger partial charge in [0.2, 0.25) is 0 Å². The van der Waals surface area contributed by atoms with Gasteiger partial charge in [-0.15, -0.1) is 0 Å². The summed E-state index contributed by atoms with van der Waals surface area (Å²) >= 11 is 6.73. The Bertz CT molecular complexity index is 501. The van der Waals surface area contributed by atoms with Crippen LogP contribution in [0.1, 0.15) is 26.3 Å². The number of hydrogen-bond donors (Lipinski definition) is 0. The Morgan fingerprint density at radius 1 is 1.15 bits per heavy atom. The van der Waals surface area contributed by atoms with Gasteiger partial charge in [-0.25, -0.2) is 0 Å². The molecule has 0 spiro atoms. The van der Waals surface area contributed by atoms with Crippen molar-refractivity contribution in [3.8, 4) is 11.5 Å². The first-order chi connectivity index (χ1) is 9.06. The molecular formula is C15H22Br2O2Si. The molecule has 20 heavy (non-hydrogen) atoms. The van der Waals surface area contributed by atoms with Crippen LogP contribution in [0.25, 0.3) is 6.08 Å². The Kier molecular flexibility index (Phi) is 5.93. The molecule has 0 fully saturated rings. The van der Waals surface area contributed by atoms with E-state index in [9.17, 15) is 0 Å². The number of ether oxygens (including phenoxy) is 1. The molecule has 1 rings (SSSR count). The second-order valence-electron chi connectivity index (χ2n) is 6.21. The molecule has 0 atom stereocenters. The zero-order valence-corrected chi connectivity index (χ0v) is 17.1. The van der Waals surface area contributed by atoms with E-state index in [1.54, 1.807) is 7.11 Å². The summed E-state index contributed by atoms with van der Waals surface area (Å²) in [5, 5.41) is 0.162. The summed E-state index contributed by atoms with van der Waals surface area (Å²) in [4.78, 5) is 0. The number of benzene rings is 1. The number of hydrogen-bond acceptors (Lipinski definition) is 2. The lowest BCUT2D eigenvalue weighted by atomic mass is 10.2. The van der Waals surface area contributed by atoms with Gasteiger partial charge in [-0.2, -0.15) is 0 Å². The van der Waals surface area contributed by atoms with Crippen molar-refractivity contribution >= 4 is 46.3 Å². The van der Waals surface area contributed by atoms with Crippen molar-refractivity contribution in [2.75, 3.05) is 7.11 Å². The molecule has 1 aromatic carbocycles. The lowest BCUT2D eigenvalue weighted by Crippen LogP contribution is -2.43. The Labute approximate surface area is 139 Å². The summed E-state index contributed by atoms with van der Waals surface area (Å²) in [7, 11) is -0.186. The smallest absolute Gasteiger partial charge is 0.250 e. The van der Waals surface area contributed by atoms with Gasteiger partial charge in [0.05, 0.1) is 10.5 Å². The average Bonchev–Trinajstić information content (AvgIpc) is 2.28. The molecular weight excluding hydrogens is 400 g/mol. The minimum Gasteiger partial charge on any atom is -0.541 e. The van der Waals surface area contributed by atoms with Crippen molar-refractivity contribution in [2.24, 2.45) is 0 Å². The van der Waals surface area contributed by atoms with Gasteiger partial charge in [-0.1, -0.05) is 26.8 Å². The van der Waals surface area contributed by atoms with Crippen LogP contribution in [-0.2, 0) is 0 Å². The molecule has 0 bridgehead atoms. The van der Waals surface area contributed by atoms with Crippen LogP contribution in [0.2, 0.25) is 18.1 Å². The number of methoxy groups -OCH3 is 1. The van der Waals surface area contributed by atoms with E-state index >= 15 is 0 Å². The molecule has 1 aromatic rings. The Balaban J connectivity index is 3.11. The fraction of sp³-hybridized carbons (Fsp3) is 0.467. The topological polar surface area (TPSA) is 18.5 Å². The van der Waals surface area contributed by atoms with Crippen LogP contribution in [0.5, 0.6) is 11.5 Å². The highest BCUT2D eigenvalue weighted by molar-refractivity contribution is 9.28. The third-order valence-corrected chi connectivity index (χ3v) is 8.44. The van der Waals surface area contributed by atoms with Crippen molar-refractivity contribution in [3.63, 3.8) is 0 Å². The van der Waals surface area contributed by atoms with Crippen LogP contribution >= 0.6 is 31.9 Å². The second kappa shape index (κ2) is 6.67. The first kappa shape index (κ1) is 17.8. The van der Waals surface area contributed by atoms with E-state index in [4.69, 9.17) is 9.16 Å². The molecule has 0 aromatic heterocycles. The highest BCUT2D eigenvalue weighted by Crippen LogP contribution is 2.40. The van der Waals surface area contributed by atoms with Gasteiger partial charge in [0.25, 0.3) is 8.32 Å². The zero-order chi connectivity index (χ0) is 15.6. The van der Waals surface area contributed by atoms with E-state index in [-0.39, 0.29) is 5.04 Å². The van der Waals surface area contributed by atoms with Gasteiger partial charge in [-0.3, -0.25) is 0 Å². The fourth-order valence-corrected chi connectivity index (χ4v) is 2.97. The molecule has 5 heteroatoms. The Hall–Kier alpha value is -0.263. The predicted octanol–water partition coefficient (Wildman–Crippen LogP) is 6.17. The first-order valence-electron chi connectivity index (χ1n) is 6.46. The SMILES string of the molecule is COc1cc(C=C(Br)Br)ccc1O[Si](C)(C)C(C)(C)C. The van der Waals surface area contributed by atoms with Crippen LogP contribution in [0, 0.1) is 0 Å². The molecule has 0 amide bonds. The summed E-state index contributed by atoms with van der Waals surface area (Å²) in [6, 6.07) is 5.98. The summed E-state index contributed by atoms with van der Waals surface area (Å²) in [6.45, 7) is 11.1. The third-order valence-electron chi connectivity index (χ3n) is 3.63. The van der Waals surface area contributed by atoms with Crippen LogP contribution in [0.3, 0.4) is 0 Å². The van der Waals surface area contributed by atoms with Gasteiger partial charge in [0.1, 0.15) is 5.75 Å². The normalized spacial score (nSPS) is 12.0. The van der Waals surface area contributed by atoms with Crippen LogP contribution < -0.4 is 9.16 Å². The molecule has 0 heterocycles. The van der Waals surface area contributed by atoms with E-state index < -0.39 is 8.32 Å². The molecule has 0 N–H and O–H groups in total. The standard InChI is InChI=1S/C15H22Br2O2Si/c1-15(2,3)20(5,6)19-12-8-7-11(10-14(16)17)9-13(12)18-4/h7-10H,1-6H3. The molecule has 0 saturated carbocycles.